The van der Waals surface area contributed by atoms with Crippen LogP contribution in [0, 0.1) is 11.8 Å². The number of hydrogen-bond acceptors (Lipinski definition) is 5. The minimum atomic E-state index is -0.168. The van der Waals surface area contributed by atoms with E-state index < -0.39 is 0 Å². The van der Waals surface area contributed by atoms with Gasteiger partial charge < -0.3 is 10.6 Å². The van der Waals surface area contributed by atoms with Gasteiger partial charge in [-0.2, -0.15) is 0 Å². The minimum absolute atomic E-state index is 0.0738. The predicted molar refractivity (Wildman–Crippen MR) is 66.8 cm³/mol. The van der Waals surface area contributed by atoms with Gasteiger partial charge in [0.15, 0.2) is 0 Å². The average molecular weight is 252 g/mol. The molecular formula is C12H20N4O2. The molecule has 1 fully saturated rings. The summed E-state index contributed by atoms with van der Waals surface area (Å²) in [4.78, 5) is 14.0. The smallest absolute Gasteiger partial charge is 0.280 e. The third-order valence-electron chi connectivity index (χ3n) is 3.72. The van der Waals surface area contributed by atoms with Crippen molar-refractivity contribution in [2.24, 2.45) is 11.8 Å². The Morgan fingerprint density at radius 1 is 1.39 bits per heavy atom. The van der Waals surface area contributed by atoms with Gasteiger partial charge in [-0.25, -0.2) is 4.63 Å². The van der Waals surface area contributed by atoms with Crippen molar-refractivity contribution in [1.29, 1.82) is 0 Å². The van der Waals surface area contributed by atoms with E-state index >= 15 is 0 Å². The number of rotatable bonds is 2. The molecule has 6 heteroatoms. The molecule has 2 rings (SSSR count). The molecule has 1 unspecified atom stereocenters. The number of carbonyl (C=O) groups is 1. The van der Waals surface area contributed by atoms with Gasteiger partial charge in [-0.3, -0.25) is 4.79 Å². The topological polar surface area (TPSA) is 85.2 Å². The Morgan fingerprint density at radius 3 is 2.78 bits per heavy atom. The fourth-order valence-corrected chi connectivity index (χ4v) is 2.49. The maximum Gasteiger partial charge on any atom is 0.280 e. The van der Waals surface area contributed by atoms with Crippen LogP contribution in [0.25, 0.3) is 0 Å². The summed E-state index contributed by atoms with van der Waals surface area (Å²) in [6.45, 7) is 5.99. The van der Waals surface area contributed by atoms with Crippen molar-refractivity contribution in [3.05, 3.63) is 5.69 Å². The Labute approximate surface area is 106 Å². The molecule has 1 aliphatic heterocycles. The highest BCUT2D eigenvalue weighted by Crippen LogP contribution is 2.25. The van der Waals surface area contributed by atoms with Crippen LogP contribution in [0.2, 0.25) is 0 Å². The molecule has 6 nitrogen and oxygen atoms in total. The van der Waals surface area contributed by atoms with Crippen LogP contribution in [0.4, 0.5) is 5.82 Å². The maximum absolute atomic E-state index is 12.2. The molecule has 1 aliphatic rings. The zero-order valence-corrected chi connectivity index (χ0v) is 10.9. The van der Waals surface area contributed by atoms with Gasteiger partial charge in [0.25, 0.3) is 5.91 Å². The first-order valence-corrected chi connectivity index (χ1v) is 6.47. The lowest BCUT2D eigenvalue weighted by Crippen LogP contribution is -2.32. The summed E-state index contributed by atoms with van der Waals surface area (Å²) >= 11 is 0. The van der Waals surface area contributed by atoms with Crippen molar-refractivity contribution in [1.82, 2.24) is 15.2 Å². The summed E-state index contributed by atoms with van der Waals surface area (Å²) in [6, 6.07) is 0. The third kappa shape index (κ3) is 2.63. The number of aromatic nitrogens is 2. The van der Waals surface area contributed by atoms with Gasteiger partial charge in [-0.15, -0.1) is 0 Å². The lowest BCUT2D eigenvalue weighted by Gasteiger charge is -2.20. The quantitative estimate of drug-likeness (QED) is 0.863. The first kappa shape index (κ1) is 12.9. The van der Waals surface area contributed by atoms with Crippen molar-refractivity contribution in [3.63, 3.8) is 0 Å². The summed E-state index contributed by atoms with van der Waals surface area (Å²) in [5, 5.41) is 7.02. The molecular weight excluding hydrogens is 232 g/mol. The van der Waals surface area contributed by atoms with Crippen molar-refractivity contribution in [2.75, 3.05) is 18.8 Å². The van der Waals surface area contributed by atoms with Crippen LogP contribution in [-0.2, 0) is 0 Å². The Kier molecular flexibility index (Phi) is 3.84. The standard InChI is InChI=1S/C12H20N4O2/c1-8(2)9-4-3-6-16(7-5-9)12(17)10-11(13)15-18-14-10/h8-9H,3-7H2,1-2H3,(H2,13,15). The van der Waals surface area contributed by atoms with E-state index in [4.69, 9.17) is 5.73 Å². The van der Waals surface area contributed by atoms with Crippen LogP contribution >= 0.6 is 0 Å². The van der Waals surface area contributed by atoms with Crippen LogP contribution < -0.4 is 5.73 Å². The third-order valence-corrected chi connectivity index (χ3v) is 3.72. The van der Waals surface area contributed by atoms with E-state index in [1.807, 2.05) is 0 Å². The van der Waals surface area contributed by atoms with E-state index in [2.05, 4.69) is 28.8 Å². The molecule has 1 aromatic rings. The number of nitrogens with zero attached hydrogens (tertiary/aromatic N) is 3. The summed E-state index contributed by atoms with van der Waals surface area (Å²) in [7, 11) is 0. The summed E-state index contributed by atoms with van der Waals surface area (Å²) in [5.74, 6) is 1.26. The zero-order valence-electron chi connectivity index (χ0n) is 10.9. The average Bonchev–Trinajstić information content (AvgIpc) is 2.63. The van der Waals surface area contributed by atoms with E-state index in [1.165, 1.54) is 6.42 Å². The molecule has 2 N–H and O–H groups in total. The highest BCUT2D eigenvalue weighted by Gasteiger charge is 2.26. The fraction of sp³-hybridized carbons (Fsp3) is 0.750. The molecule has 1 atom stereocenters. The van der Waals surface area contributed by atoms with Gasteiger partial charge in [-0.1, -0.05) is 13.8 Å². The molecule has 1 saturated heterocycles. The van der Waals surface area contributed by atoms with Gasteiger partial charge >= 0.3 is 0 Å². The molecule has 100 valence electrons. The Hall–Kier alpha value is -1.59. The van der Waals surface area contributed by atoms with Crippen molar-refractivity contribution < 1.29 is 9.42 Å². The highest BCUT2D eigenvalue weighted by atomic mass is 16.6. The molecule has 0 aromatic carbocycles. The second-order valence-corrected chi connectivity index (χ2v) is 5.23. The second-order valence-electron chi connectivity index (χ2n) is 5.23. The molecule has 1 amide bonds. The van der Waals surface area contributed by atoms with Gasteiger partial charge in [0.2, 0.25) is 11.5 Å². The van der Waals surface area contributed by atoms with E-state index in [0.29, 0.717) is 11.8 Å². The van der Waals surface area contributed by atoms with Crippen LogP contribution in [-0.4, -0.2) is 34.2 Å². The summed E-state index contributed by atoms with van der Waals surface area (Å²) in [6.07, 6.45) is 3.24. The van der Waals surface area contributed by atoms with Gasteiger partial charge in [-0.05, 0) is 41.4 Å². The summed E-state index contributed by atoms with van der Waals surface area (Å²) < 4.78 is 4.48. The molecule has 0 saturated carbocycles. The number of likely N-dealkylation sites (tertiary alicyclic amines) is 1. The second kappa shape index (κ2) is 5.37. The van der Waals surface area contributed by atoms with Gasteiger partial charge in [0.05, 0.1) is 0 Å². The normalized spacial score (nSPS) is 21.1. The lowest BCUT2D eigenvalue weighted by molar-refractivity contribution is 0.0748. The lowest BCUT2D eigenvalue weighted by atomic mass is 9.89. The van der Waals surface area contributed by atoms with Gasteiger partial charge in [0, 0.05) is 13.1 Å². The van der Waals surface area contributed by atoms with Crippen LogP contribution in [0.5, 0.6) is 0 Å². The molecule has 2 heterocycles. The predicted octanol–water partition coefficient (Wildman–Crippen LogP) is 1.55. The Balaban J connectivity index is 2.02. The monoisotopic (exact) mass is 252 g/mol. The van der Waals surface area contributed by atoms with Gasteiger partial charge in [0.1, 0.15) is 0 Å². The van der Waals surface area contributed by atoms with E-state index in [0.717, 1.165) is 25.9 Å². The molecule has 0 aliphatic carbocycles. The van der Waals surface area contributed by atoms with E-state index in [1.54, 1.807) is 4.90 Å². The molecule has 0 spiro atoms. The summed E-state index contributed by atoms with van der Waals surface area (Å²) in [5.41, 5.74) is 5.68. The molecule has 0 radical (unpaired) electrons. The Bertz CT molecular complexity index is 416. The van der Waals surface area contributed by atoms with E-state index in [-0.39, 0.29) is 17.4 Å². The van der Waals surface area contributed by atoms with Crippen LogP contribution in [0.15, 0.2) is 4.63 Å². The van der Waals surface area contributed by atoms with Crippen molar-refractivity contribution >= 4 is 11.7 Å². The van der Waals surface area contributed by atoms with Crippen LogP contribution in [0.3, 0.4) is 0 Å². The van der Waals surface area contributed by atoms with E-state index in [9.17, 15) is 4.79 Å². The molecule has 0 bridgehead atoms. The van der Waals surface area contributed by atoms with Crippen LogP contribution in [0.1, 0.15) is 43.6 Å². The zero-order chi connectivity index (χ0) is 13.1. The van der Waals surface area contributed by atoms with Crippen molar-refractivity contribution in [3.8, 4) is 0 Å². The first-order valence-electron chi connectivity index (χ1n) is 6.47. The molecule has 1 aromatic heterocycles. The number of nitrogen functional groups attached to an aromatic ring is 1. The Morgan fingerprint density at radius 2 is 2.17 bits per heavy atom. The fourth-order valence-electron chi connectivity index (χ4n) is 2.49. The SMILES string of the molecule is CC(C)C1CCCN(C(=O)c2nonc2N)CC1. The highest BCUT2D eigenvalue weighted by molar-refractivity contribution is 5.96. The minimum Gasteiger partial charge on any atom is -0.379 e. The van der Waals surface area contributed by atoms with Crippen molar-refractivity contribution in [2.45, 2.75) is 33.1 Å². The number of hydrogen-bond donors (Lipinski definition) is 1. The molecule has 18 heavy (non-hydrogen) atoms. The number of anilines is 1. The largest absolute Gasteiger partial charge is 0.379 e. The number of amides is 1. The number of carbonyl (C=O) groups excluding carboxylic acids is 1. The first-order chi connectivity index (χ1) is 8.59. The number of nitrogens with two attached hydrogens (primary N) is 1. The maximum atomic E-state index is 12.2.